The van der Waals surface area contributed by atoms with E-state index in [2.05, 4.69) is 14.7 Å². The Morgan fingerprint density at radius 2 is 1.92 bits per heavy atom. The van der Waals surface area contributed by atoms with Crippen LogP contribution in [0.4, 0.5) is 10.2 Å². The highest BCUT2D eigenvalue weighted by Gasteiger charge is 2.25. The second kappa shape index (κ2) is 7.76. The van der Waals surface area contributed by atoms with Gasteiger partial charge >= 0.3 is 0 Å². The van der Waals surface area contributed by atoms with Gasteiger partial charge in [0.15, 0.2) is 11.5 Å². The zero-order valence-electron chi connectivity index (χ0n) is 14.0. The molecule has 7 nitrogen and oxygen atoms in total. The summed E-state index contributed by atoms with van der Waals surface area (Å²) in [6.45, 7) is 1.55. The topological polar surface area (TPSA) is 99.0 Å². The first-order chi connectivity index (χ1) is 12.5. The highest BCUT2D eigenvalue weighted by Crippen LogP contribution is 2.23. The van der Waals surface area contributed by atoms with Crippen molar-refractivity contribution in [3.05, 3.63) is 48.2 Å². The number of benzene rings is 1. The maximum atomic E-state index is 13.7. The molecule has 1 fully saturated rings. The van der Waals surface area contributed by atoms with Crippen molar-refractivity contribution in [2.24, 2.45) is 5.92 Å². The normalized spacial score (nSPS) is 15.6. The van der Waals surface area contributed by atoms with Crippen LogP contribution >= 0.6 is 0 Å². The number of nitriles is 1. The molecule has 136 valence electrons. The molecule has 0 radical (unpaired) electrons. The fourth-order valence-electron chi connectivity index (χ4n) is 2.96. The Morgan fingerprint density at radius 1 is 1.23 bits per heavy atom. The summed E-state index contributed by atoms with van der Waals surface area (Å²) < 4.78 is 40.7. The van der Waals surface area contributed by atoms with Gasteiger partial charge in [-0.05, 0) is 30.9 Å². The number of piperidine rings is 1. The van der Waals surface area contributed by atoms with Crippen molar-refractivity contribution in [3.8, 4) is 6.07 Å². The Kier molecular flexibility index (Phi) is 5.44. The van der Waals surface area contributed by atoms with Gasteiger partial charge in [0.05, 0.1) is 0 Å². The van der Waals surface area contributed by atoms with Crippen molar-refractivity contribution in [2.75, 3.05) is 24.5 Å². The molecule has 1 aliphatic rings. The van der Waals surface area contributed by atoms with Gasteiger partial charge in [-0.2, -0.15) is 5.26 Å². The molecule has 0 amide bonds. The third-order valence-electron chi connectivity index (χ3n) is 4.39. The van der Waals surface area contributed by atoms with Crippen molar-refractivity contribution < 1.29 is 12.8 Å². The van der Waals surface area contributed by atoms with Gasteiger partial charge in [-0.1, -0.05) is 12.1 Å². The number of hydrogen-bond donors (Lipinski definition) is 1. The van der Waals surface area contributed by atoms with Crippen molar-refractivity contribution in [1.29, 1.82) is 5.26 Å². The molecule has 1 saturated heterocycles. The van der Waals surface area contributed by atoms with Crippen LogP contribution in [0.15, 0.2) is 41.6 Å². The second-order valence-electron chi connectivity index (χ2n) is 6.05. The summed E-state index contributed by atoms with van der Waals surface area (Å²) in [5.74, 6) is -0.0723. The summed E-state index contributed by atoms with van der Waals surface area (Å²) in [7, 11) is -3.87. The van der Waals surface area contributed by atoms with E-state index in [0.717, 1.165) is 18.9 Å². The standard InChI is InChI=1S/C17H18FN5O2S/c18-14-3-1-2-4-16(14)26(24,25)22-12-13-5-9-23(10-6-13)17-15(11-19)20-7-8-21-17/h1-4,7-8,13,22H,5-6,9-10,12H2. The molecule has 1 aromatic heterocycles. The average Bonchev–Trinajstić information content (AvgIpc) is 2.67. The van der Waals surface area contributed by atoms with E-state index in [4.69, 9.17) is 5.26 Å². The summed E-state index contributed by atoms with van der Waals surface area (Å²) in [5, 5.41) is 9.12. The zero-order chi connectivity index (χ0) is 18.6. The van der Waals surface area contributed by atoms with E-state index in [1.54, 1.807) is 6.20 Å². The molecule has 1 N–H and O–H groups in total. The molecular formula is C17H18FN5O2S. The minimum atomic E-state index is -3.87. The molecule has 1 aliphatic heterocycles. The van der Waals surface area contributed by atoms with E-state index in [1.165, 1.54) is 24.4 Å². The second-order valence-corrected chi connectivity index (χ2v) is 7.79. The molecule has 2 aromatic rings. The summed E-state index contributed by atoms with van der Waals surface area (Å²) in [6.07, 6.45) is 4.50. The monoisotopic (exact) mass is 375 g/mol. The molecule has 1 aromatic carbocycles. The maximum Gasteiger partial charge on any atom is 0.243 e. The van der Waals surface area contributed by atoms with Crippen LogP contribution in [0.3, 0.4) is 0 Å². The summed E-state index contributed by atoms with van der Waals surface area (Å²) in [6, 6.07) is 7.34. The lowest BCUT2D eigenvalue weighted by atomic mass is 9.97. The highest BCUT2D eigenvalue weighted by atomic mass is 32.2. The minimum absolute atomic E-state index is 0.134. The van der Waals surface area contributed by atoms with Crippen LogP contribution in [0, 0.1) is 23.1 Å². The number of halogens is 1. The first kappa shape index (κ1) is 18.2. The van der Waals surface area contributed by atoms with Gasteiger partial charge in [0.1, 0.15) is 16.8 Å². The highest BCUT2D eigenvalue weighted by molar-refractivity contribution is 7.89. The molecule has 0 spiro atoms. The van der Waals surface area contributed by atoms with Crippen molar-refractivity contribution >= 4 is 15.8 Å². The summed E-state index contributed by atoms with van der Waals surface area (Å²) in [5.41, 5.74) is 0.284. The molecule has 9 heteroatoms. The van der Waals surface area contributed by atoms with Crippen molar-refractivity contribution in [1.82, 2.24) is 14.7 Å². The molecule has 0 unspecified atom stereocenters. The van der Waals surface area contributed by atoms with Gasteiger partial charge in [0.2, 0.25) is 10.0 Å². The quantitative estimate of drug-likeness (QED) is 0.854. The Morgan fingerprint density at radius 3 is 2.62 bits per heavy atom. The summed E-state index contributed by atoms with van der Waals surface area (Å²) in [4.78, 5) is 9.87. The van der Waals surface area contributed by atoms with E-state index in [0.29, 0.717) is 18.9 Å². The number of hydrogen-bond acceptors (Lipinski definition) is 6. The fraction of sp³-hybridized carbons (Fsp3) is 0.353. The number of aromatic nitrogens is 2. The van der Waals surface area contributed by atoms with Crippen LogP contribution < -0.4 is 9.62 Å². The van der Waals surface area contributed by atoms with Crippen LogP contribution in [-0.2, 0) is 10.0 Å². The Hall–Kier alpha value is -2.57. The predicted octanol–water partition coefficient (Wildman–Crippen LogP) is 1.68. The lowest BCUT2D eigenvalue weighted by molar-refractivity contribution is 0.400. The van der Waals surface area contributed by atoms with Gasteiger partial charge in [-0.25, -0.2) is 27.5 Å². The van der Waals surface area contributed by atoms with Gasteiger partial charge in [-0.15, -0.1) is 0 Å². The predicted molar refractivity (Wildman–Crippen MR) is 93.3 cm³/mol. The Balaban J connectivity index is 1.58. The maximum absolute atomic E-state index is 13.7. The van der Waals surface area contributed by atoms with Gasteiger partial charge < -0.3 is 4.90 Å². The first-order valence-electron chi connectivity index (χ1n) is 8.21. The fourth-order valence-corrected chi connectivity index (χ4v) is 4.15. The first-order valence-corrected chi connectivity index (χ1v) is 9.70. The minimum Gasteiger partial charge on any atom is -0.354 e. The number of sulfonamides is 1. The Bertz CT molecular complexity index is 921. The van der Waals surface area contributed by atoms with Crippen molar-refractivity contribution in [2.45, 2.75) is 17.7 Å². The average molecular weight is 375 g/mol. The molecular weight excluding hydrogens is 357 g/mol. The lowest BCUT2D eigenvalue weighted by Crippen LogP contribution is -2.39. The molecule has 3 rings (SSSR count). The molecule has 0 atom stereocenters. The SMILES string of the molecule is N#Cc1nccnc1N1CCC(CNS(=O)(=O)c2ccccc2F)CC1. The van der Waals surface area contributed by atoms with Crippen LogP contribution in [0.25, 0.3) is 0 Å². The van der Waals surface area contributed by atoms with E-state index in [1.807, 2.05) is 11.0 Å². The molecule has 0 saturated carbocycles. The van der Waals surface area contributed by atoms with E-state index < -0.39 is 15.8 Å². The van der Waals surface area contributed by atoms with Gasteiger partial charge in [0.25, 0.3) is 0 Å². The lowest BCUT2D eigenvalue weighted by Gasteiger charge is -2.32. The van der Waals surface area contributed by atoms with E-state index >= 15 is 0 Å². The van der Waals surface area contributed by atoms with Crippen LogP contribution in [0.5, 0.6) is 0 Å². The van der Waals surface area contributed by atoms with Gasteiger partial charge in [-0.3, -0.25) is 0 Å². The van der Waals surface area contributed by atoms with Crippen molar-refractivity contribution in [3.63, 3.8) is 0 Å². The third kappa shape index (κ3) is 3.98. The third-order valence-corrected chi connectivity index (χ3v) is 5.84. The van der Waals surface area contributed by atoms with Crippen LogP contribution in [-0.4, -0.2) is 38.0 Å². The van der Waals surface area contributed by atoms with Gasteiger partial charge in [0, 0.05) is 32.0 Å². The van der Waals surface area contributed by atoms with Crippen LogP contribution in [0.1, 0.15) is 18.5 Å². The number of rotatable bonds is 5. The molecule has 0 aliphatic carbocycles. The zero-order valence-corrected chi connectivity index (χ0v) is 14.8. The molecule has 26 heavy (non-hydrogen) atoms. The number of anilines is 1. The summed E-state index contributed by atoms with van der Waals surface area (Å²) >= 11 is 0. The largest absolute Gasteiger partial charge is 0.354 e. The number of nitrogens with zero attached hydrogens (tertiary/aromatic N) is 4. The Labute approximate surface area is 151 Å². The number of nitrogens with one attached hydrogen (secondary N) is 1. The van der Waals surface area contributed by atoms with E-state index in [9.17, 15) is 12.8 Å². The molecule has 0 bridgehead atoms. The molecule has 2 heterocycles. The van der Waals surface area contributed by atoms with Crippen LogP contribution in [0.2, 0.25) is 0 Å². The van der Waals surface area contributed by atoms with E-state index in [-0.39, 0.29) is 23.1 Å². The smallest absolute Gasteiger partial charge is 0.243 e.